The van der Waals surface area contributed by atoms with Gasteiger partial charge in [0.1, 0.15) is 0 Å². The molecular formula is C10H18O. The van der Waals surface area contributed by atoms with Crippen LogP contribution in [0.5, 0.6) is 0 Å². The van der Waals surface area contributed by atoms with Gasteiger partial charge < -0.3 is 5.11 Å². The molecule has 0 bridgehead atoms. The maximum Gasteiger partial charge on any atom is 0.0605 e. The molecule has 1 N–H and O–H groups in total. The quantitative estimate of drug-likeness (QED) is 0.575. The van der Waals surface area contributed by atoms with Gasteiger partial charge in [0.25, 0.3) is 0 Å². The van der Waals surface area contributed by atoms with Crippen LogP contribution < -0.4 is 0 Å². The van der Waals surface area contributed by atoms with Crippen molar-refractivity contribution in [1.82, 2.24) is 0 Å². The molecule has 1 heteroatoms. The van der Waals surface area contributed by atoms with E-state index < -0.39 is 0 Å². The molecule has 0 aromatic carbocycles. The SMILES string of the molecule is C=C(C)C1C[C@H](C)CCC1O. The van der Waals surface area contributed by atoms with E-state index in [-0.39, 0.29) is 6.10 Å². The standard InChI is InChI=1S/C10H18O/c1-7(2)9-6-8(3)4-5-10(9)11/h8-11H,1,4-6H2,2-3H3/t8-,9?,10?/m1/s1. The second kappa shape index (κ2) is 3.40. The Bertz CT molecular complexity index is 151. The monoisotopic (exact) mass is 154 g/mol. The summed E-state index contributed by atoms with van der Waals surface area (Å²) in [5, 5.41) is 9.60. The first kappa shape index (κ1) is 8.79. The van der Waals surface area contributed by atoms with Crippen LogP contribution in [0.2, 0.25) is 0 Å². The van der Waals surface area contributed by atoms with Crippen LogP contribution in [-0.2, 0) is 0 Å². The van der Waals surface area contributed by atoms with Crippen LogP contribution in [0, 0.1) is 11.8 Å². The largest absolute Gasteiger partial charge is 0.393 e. The Morgan fingerprint density at radius 1 is 1.45 bits per heavy atom. The number of rotatable bonds is 1. The summed E-state index contributed by atoms with van der Waals surface area (Å²) in [6.07, 6.45) is 3.13. The summed E-state index contributed by atoms with van der Waals surface area (Å²) in [6.45, 7) is 8.18. The van der Waals surface area contributed by atoms with E-state index in [1.54, 1.807) is 0 Å². The summed E-state index contributed by atoms with van der Waals surface area (Å²) in [5.41, 5.74) is 1.14. The first-order chi connectivity index (χ1) is 5.11. The van der Waals surface area contributed by atoms with Crippen LogP contribution in [0.3, 0.4) is 0 Å². The molecule has 64 valence electrons. The summed E-state index contributed by atoms with van der Waals surface area (Å²) in [6, 6.07) is 0. The van der Waals surface area contributed by atoms with Gasteiger partial charge in [-0.25, -0.2) is 0 Å². The van der Waals surface area contributed by atoms with Gasteiger partial charge in [0.2, 0.25) is 0 Å². The molecule has 1 fully saturated rings. The first-order valence-electron chi connectivity index (χ1n) is 4.44. The zero-order valence-electron chi connectivity index (χ0n) is 7.51. The highest BCUT2D eigenvalue weighted by atomic mass is 16.3. The number of aliphatic hydroxyl groups excluding tert-OH is 1. The Balaban J connectivity index is 2.54. The van der Waals surface area contributed by atoms with E-state index in [4.69, 9.17) is 0 Å². The molecule has 2 unspecified atom stereocenters. The Labute approximate surface area is 69.1 Å². The van der Waals surface area contributed by atoms with Gasteiger partial charge in [-0.15, -0.1) is 0 Å². The molecule has 1 aliphatic carbocycles. The fraction of sp³-hybridized carbons (Fsp3) is 0.800. The first-order valence-corrected chi connectivity index (χ1v) is 4.44. The van der Waals surface area contributed by atoms with Crippen LogP contribution in [0.1, 0.15) is 33.1 Å². The fourth-order valence-corrected chi connectivity index (χ4v) is 1.89. The van der Waals surface area contributed by atoms with Crippen molar-refractivity contribution in [2.24, 2.45) is 11.8 Å². The van der Waals surface area contributed by atoms with Gasteiger partial charge >= 0.3 is 0 Å². The van der Waals surface area contributed by atoms with Gasteiger partial charge in [0.05, 0.1) is 6.10 Å². The normalized spacial score (nSPS) is 38.6. The van der Waals surface area contributed by atoms with Crippen LogP contribution in [0.25, 0.3) is 0 Å². The summed E-state index contributed by atoms with van der Waals surface area (Å²) >= 11 is 0. The van der Waals surface area contributed by atoms with Crippen LogP contribution >= 0.6 is 0 Å². The molecule has 0 aromatic rings. The smallest absolute Gasteiger partial charge is 0.0605 e. The second-order valence-electron chi connectivity index (χ2n) is 3.94. The number of hydrogen-bond acceptors (Lipinski definition) is 1. The van der Waals surface area contributed by atoms with Crippen molar-refractivity contribution >= 4 is 0 Å². The fourth-order valence-electron chi connectivity index (χ4n) is 1.89. The molecule has 0 radical (unpaired) electrons. The summed E-state index contributed by atoms with van der Waals surface area (Å²) < 4.78 is 0. The van der Waals surface area contributed by atoms with Gasteiger partial charge in [-0.1, -0.05) is 19.1 Å². The van der Waals surface area contributed by atoms with E-state index in [0.717, 1.165) is 24.3 Å². The summed E-state index contributed by atoms with van der Waals surface area (Å²) in [7, 11) is 0. The van der Waals surface area contributed by atoms with E-state index in [1.165, 1.54) is 6.42 Å². The molecule has 11 heavy (non-hydrogen) atoms. The van der Waals surface area contributed by atoms with Gasteiger partial charge in [-0.2, -0.15) is 0 Å². The average Bonchev–Trinajstić information content (AvgIpc) is 1.94. The third-order valence-corrected chi connectivity index (χ3v) is 2.71. The third kappa shape index (κ3) is 2.06. The van der Waals surface area contributed by atoms with Gasteiger partial charge in [-0.3, -0.25) is 0 Å². The second-order valence-corrected chi connectivity index (χ2v) is 3.94. The van der Waals surface area contributed by atoms with Gasteiger partial charge in [0.15, 0.2) is 0 Å². The lowest BCUT2D eigenvalue weighted by atomic mass is 9.77. The molecule has 0 spiro atoms. The lowest BCUT2D eigenvalue weighted by Crippen LogP contribution is -2.28. The third-order valence-electron chi connectivity index (χ3n) is 2.71. The van der Waals surface area contributed by atoms with Crippen molar-refractivity contribution < 1.29 is 5.11 Å². The minimum absolute atomic E-state index is 0.122. The molecular weight excluding hydrogens is 136 g/mol. The number of aliphatic hydroxyl groups is 1. The minimum atomic E-state index is -0.122. The highest BCUT2D eigenvalue weighted by molar-refractivity contribution is 5.01. The van der Waals surface area contributed by atoms with Crippen molar-refractivity contribution in [3.8, 4) is 0 Å². The van der Waals surface area contributed by atoms with Crippen LogP contribution in [0.15, 0.2) is 12.2 Å². The zero-order valence-corrected chi connectivity index (χ0v) is 7.51. The van der Waals surface area contributed by atoms with Crippen molar-refractivity contribution in [2.75, 3.05) is 0 Å². The van der Waals surface area contributed by atoms with E-state index in [2.05, 4.69) is 13.5 Å². The predicted molar refractivity (Wildman–Crippen MR) is 47.3 cm³/mol. The van der Waals surface area contributed by atoms with Crippen molar-refractivity contribution in [3.63, 3.8) is 0 Å². The number of hydrogen-bond donors (Lipinski definition) is 1. The molecule has 0 aliphatic heterocycles. The molecule has 1 nitrogen and oxygen atoms in total. The summed E-state index contributed by atoms with van der Waals surface area (Å²) in [5.74, 6) is 1.12. The minimum Gasteiger partial charge on any atom is -0.393 e. The highest BCUT2D eigenvalue weighted by Crippen LogP contribution is 2.32. The Hall–Kier alpha value is -0.300. The van der Waals surface area contributed by atoms with Crippen LogP contribution in [0.4, 0.5) is 0 Å². The van der Waals surface area contributed by atoms with Crippen LogP contribution in [-0.4, -0.2) is 11.2 Å². The van der Waals surface area contributed by atoms with Gasteiger partial charge in [-0.05, 0) is 32.1 Å². The average molecular weight is 154 g/mol. The Kier molecular flexibility index (Phi) is 2.72. The highest BCUT2D eigenvalue weighted by Gasteiger charge is 2.26. The van der Waals surface area contributed by atoms with Crippen molar-refractivity contribution in [2.45, 2.75) is 39.2 Å². The lowest BCUT2D eigenvalue weighted by molar-refractivity contribution is 0.0694. The molecule has 1 rings (SSSR count). The molecule has 0 saturated heterocycles. The van der Waals surface area contributed by atoms with E-state index in [9.17, 15) is 5.11 Å². The molecule has 0 heterocycles. The molecule has 3 atom stereocenters. The van der Waals surface area contributed by atoms with E-state index in [1.807, 2.05) is 6.92 Å². The molecule has 0 amide bonds. The maximum absolute atomic E-state index is 9.60. The lowest BCUT2D eigenvalue weighted by Gasteiger charge is -2.31. The zero-order chi connectivity index (χ0) is 8.43. The Morgan fingerprint density at radius 3 is 2.55 bits per heavy atom. The molecule has 0 aromatic heterocycles. The van der Waals surface area contributed by atoms with Crippen molar-refractivity contribution in [1.29, 1.82) is 0 Å². The molecule has 1 aliphatic rings. The molecule has 1 saturated carbocycles. The van der Waals surface area contributed by atoms with Gasteiger partial charge in [0, 0.05) is 5.92 Å². The topological polar surface area (TPSA) is 20.2 Å². The maximum atomic E-state index is 9.60. The van der Waals surface area contributed by atoms with E-state index >= 15 is 0 Å². The van der Waals surface area contributed by atoms with Crippen molar-refractivity contribution in [3.05, 3.63) is 12.2 Å². The predicted octanol–water partition coefficient (Wildman–Crippen LogP) is 2.36. The Morgan fingerprint density at radius 2 is 2.09 bits per heavy atom. The summed E-state index contributed by atoms with van der Waals surface area (Å²) in [4.78, 5) is 0. The van der Waals surface area contributed by atoms with E-state index in [0.29, 0.717) is 5.92 Å².